The number of halogens is 3. The molecule has 1 heterocycles. The first-order valence-corrected chi connectivity index (χ1v) is 8.79. The molecule has 0 spiro atoms. The van der Waals surface area contributed by atoms with Crippen LogP contribution in [0, 0.1) is 0 Å². The van der Waals surface area contributed by atoms with Crippen molar-refractivity contribution in [3.63, 3.8) is 0 Å². The number of carbonyl (C=O) groups excluding carboxylic acids is 2. The SMILES string of the molecule is COC(=O)Cc1cc(=O)[nH]c(S[C@@H](C)C(=O)Nc2ccccc2C(F)(F)F)n1. The molecule has 2 N–H and O–H groups in total. The molecule has 0 aliphatic heterocycles. The average molecular weight is 415 g/mol. The minimum atomic E-state index is -4.62. The summed E-state index contributed by atoms with van der Waals surface area (Å²) >= 11 is 0.835. The lowest BCUT2D eigenvalue weighted by Crippen LogP contribution is -2.25. The van der Waals surface area contributed by atoms with E-state index in [-0.39, 0.29) is 23.0 Å². The number of anilines is 1. The molecule has 1 aromatic heterocycles. The fraction of sp³-hybridized carbons (Fsp3) is 0.294. The summed E-state index contributed by atoms with van der Waals surface area (Å²) in [4.78, 5) is 41.8. The summed E-state index contributed by atoms with van der Waals surface area (Å²) < 4.78 is 43.6. The Hall–Kier alpha value is -2.82. The summed E-state index contributed by atoms with van der Waals surface area (Å²) in [7, 11) is 1.19. The van der Waals surface area contributed by atoms with Gasteiger partial charge in [-0.1, -0.05) is 23.9 Å². The number of nitrogens with zero attached hydrogens (tertiary/aromatic N) is 1. The third-order valence-corrected chi connectivity index (χ3v) is 4.46. The molecule has 28 heavy (non-hydrogen) atoms. The predicted molar refractivity (Wildman–Crippen MR) is 96.0 cm³/mol. The van der Waals surface area contributed by atoms with Crippen molar-refractivity contribution in [1.29, 1.82) is 0 Å². The lowest BCUT2D eigenvalue weighted by atomic mass is 10.1. The van der Waals surface area contributed by atoms with Gasteiger partial charge in [0, 0.05) is 6.07 Å². The van der Waals surface area contributed by atoms with Gasteiger partial charge in [0.15, 0.2) is 5.16 Å². The molecule has 150 valence electrons. The van der Waals surface area contributed by atoms with Crippen molar-refractivity contribution >= 4 is 29.3 Å². The number of methoxy groups -OCH3 is 1. The Balaban J connectivity index is 2.13. The number of aromatic amines is 1. The van der Waals surface area contributed by atoms with Gasteiger partial charge in [-0.2, -0.15) is 13.2 Å². The first kappa shape index (κ1) is 21.5. The smallest absolute Gasteiger partial charge is 0.418 e. The van der Waals surface area contributed by atoms with Crippen LogP contribution in [-0.2, 0) is 26.9 Å². The number of aromatic nitrogens is 2. The summed E-state index contributed by atoms with van der Waals surface area (Å²) in [5.74, 6) is -1.30. The van der Waals surface area contributed by atoms with E-state index >= 15 is 0 Å². The zero-order valence-electron chi connectivity index (χ0n) is 14.8. The van der Waals surface area contributed by atoms with Gasteiger partial charge in [0.1, 0.15) is 0 Å². The molecule has 2 rings (SSSR count). The highest BCUT2D eigenvalue weighted by atomic mass is 32.2. The molecular weight excluding hydrogens is 399 g/mol. The second-order valence-electron chi connectivity index (χ2n) is 5.59. The number of hydrogen-bond donors (Lipinski definition) is 2. The molecule has 0 bridgehead atoms. The number of carbonyl (C=O) groups is 2. The minimum absolute atomic E-state index is 0.0539. The first-order valence-electron chi connectivity index (χ1n) is 7.91. The van der Waals surface area contributed by atoms with Crippen LogP contribution in [0.3, 0.4) is 0 Å². The number of benzene rings is 1. The maximum atomic E-state index is 13.0. The molecule has 2 aromatic rings. The fourth-order valence-corrected chi connectivity index (χ4v) is 2.97. The number of para-hydroxylation sites is 1. The summed E-state index contributed by atoms with van der Waals surface area (Å²) in [5.41, 5.74) is -1.72. The Bertz CT molecular complexity index is 930. The van der Waals surface area contributed by atoms with Crippen molar-refractivity contribution in [3.05, 3.63) is 51.9 Å². The van der Waals surface area contributed by atoms with E-state index in [4.69, 9.17) is 0 Å². The number of nitrogens with one attached hydrogen (secondary N) is 2. The number of amides is 1. The van der Waals surface area contributed by atoms with Crippen LogP contribution in [0.2, 0.25) is 0 Å². The van der Waals surface area contributed by atoms with Crippen LogP contribution in [0.1, 0.15) is 18.2 Å². The van der Waals surface area contributed by atoms with Crippen LogP contribution in [-0.4, -0.2) is 34.2 Å². The van der Waals surface area contributed by atoms with Gasteiger partial charge in [-0.05, 0) is 19.1 Å². The number of H-pyrrole nitrogens is 1. The lowest BCUT2D eigenvalue weighted by Gasteiger charge is -2.16. The van der Waals surface area contributed by atoms with E-state index in [0.29, 0.717) is 0 Å². The molecule has 0 aliphatic carbocycles. The highest BCUT2D eigenvalue weighted by Gasteiger charge is 2.34. The van der Waals surface area contributed by atoms with Crippen molar-refractivity contribution in [2.24, 2.45) is 0 Å². The third-order valence-electron chi connectivity index (χ3n) is 3.47. The normalized spacial score (nSPS) is 12.3. The summed E-state index contributed by atoms with van der Waals surface area (Å²) in [5, 5.41) is 1.41. The number of hydrogen-bond acceptors (Lipinski definition) is 6. The number of esters is 1. The van der Waals surface area contributed by atoms with Crippen LogP contribution in [0.5, 0.6) is 0 Å². The van der Waals surface area contributed by atoms with Crippen molar-refractivity contribution in [1.82, 2.24) is 9.97 Å². The van der Waals surface area contributed by atoms with Gasteiger partial charge in [-0.15, -0.1) is 0 Å². The predicted octanol–water partition coefficient (Wildman–Crippen LogP) is 2.62. The molecule has 0 fully saturated rings. The van der Waals surface area contributed by atoms with E-state index in [2.05, 4.69) is 20.0 Å². The molecule has 1 atom stereocenters. The van der Waals surface area contributed by atoms with Crippen LogP contribution >= 0.6 is 11.8 Å². The van der Waals surface area contributed by atoms with E-state index in [1.165, 1.54) is 26.2 Å². The minimum Gasteiger partial charge on any atom is -0.469 e. The van der Waals surface area contributed by atoms with Gasteiger partial charge >= 0.3 is 12.1 Å². The van der Waals surface area contributed by atoms with Gasteiger partial charge in [0.25, 0.3) is 5.56 Å². The maximum Gasteiger partial charge on any atom is 0.418 e. The van der Waals surface area contributed by atoms with Gasteiger partial charge in [0.05, 0.1) is 35.7 Å². The Labute approximate surface area is 161 Å². The molecule has 0 saturated carbocycles. The highest BCUT2D eigenvalue weighted by Crippen LogP contribution is 2.35. The zero-order chi connectivity index (χ0) is 20.9. The van der Waals surface area contributed by atoms with Crippen LogP contribution in [0.25, 0.3) is 0 Å². The Morgan fingerprint density at radius 1 is 1.32 bits per heavy atom. The zero-order valence-corrected chi connectivity index (χ0v) is 15.6. The molecule has 0 aliphatic rings. The van der Waals surface area contributed by atoms with E-state index < -0.39 is 34.4 Å². The number of ether oxygens (including phenoxy) is 1. The molecule has 7 nitrogen and oxygen atoms in total. The first-order chi connectivity index (χ1) is 13.1. The van der Waals surface area contributed by atoms with Crippen LogP contribution in [0.15, 0.2) is 40.3 Å². The Kier molecular flexibility index (Phi) is 6.84. The number of rotatable bonds is 6. The maximum absolute atomic E-state index is 13.0. The second kappa shape index (κ2) is 8.91. The standard InChI is InChI=1S/C17H16F3N3O4S/c1-9(15(26)22-12-6-4-3-5-11(12)17(18,19)20)28-16-21-10(7-13(24)23-16)8-14(25)27-2/h3-7,9H,8H2,1-2H3,(H,22,26)(H,21,23,24)/t9-/m0/s1. The van der Waals surface area contributed by atoms with Gasteiger partial charge in [-0.25, -0.2) is 4.98 Å². The Morgan fingerprint density at radius 3 is 2.64 bits per heavy atom. The van der Waals surface area contributed by atoms with E-state index in [1.807, 2.05) is 0 Å². The summed E-state index contributed by atoms with van der Waals surface area (Å²) in [6.45, 7) is 1.45. The highest BCUT2D eigenvalue weighted by molar-refractivity contribution is 8.00. The molecule has 0 unspecified atom stereocenters. The molecule has 11 heteroatoms. The molecule has 0 radical (unpaired) electrons. The topological polar surface area (TPSA) is 101 Å². The van der Waals surface area contributed by atoms with Crippen molar-refractivity contribution < 1.29 is 27.5 Å². The monoisotopic (exact) mass is 415 g/mol. The molecule has 1 aromatic carbocycles. The van der Waals surface area contributed by atoms with E-state index in [9.17, 15) is 27.6 Å². The summed E-state index contributed by atoms with van der Waals surface area (Å²) in [6, 6.07) is 5.72. The van der Waals surface area contributed by atoms with Crippen molar-refractivity contribution in [2.75, 3.05) is 12.4 Å². The average Bonchev–Trinajstić information content (AvgIpc) is 2.60. The van der Waals surface area contributed by atoms with Crippen molar-refractivity contribution in [3.8, 4) is 0 Å². The largest absolute Gasteiger partial charge is 0.469 e. The molecule has 0 saturated heterocycles. The third kappa shape index (κ3) is 5.84. The Morgan fingerprint density at radius 2 is 2.00 bits per heavy atom. The van der Waals surface area contributed by atoms with Crippen LogP contribution in [0.4, 0.5) is 18.9 Å². The number of alkyl halides is 3. The van der Waals surface area contributed by atoms with Crippen molar-refractivity contribution in [2.45, 2.75) is 29.9 Å². The lowest BCUT2D eigenvalue weighted by molar-refractivity contribution is -0.140. The van der Waals surface area contributed by atoms with Gasteiger partial charge < -0.3 is 15.0 Å². The van der Waals surface area contributed by atoms with Gasteiger partial charge in [-0.3, -0.25) is 14.4 Å². The fourth-order valence-electron chi connectivity index (χ4n) is 2.14. The second-order valence-corrected chi connectivity index (χ2v) is 6.92. The van der Waals surface area contributed by atoms with Crippen LogP contribution < -0.4 is 10.9 Å². The molecular formula is C17H16F3N3O4S. The van der Waals surface area contributed by atoms with E-state index in [0.717, 1.165) is 30.0 Å². The summed E-state index contributed by atoms with van der Waals surface area (Å²) in [6.07, 6.45) is -4.84. The van der Waals surface area contributed by atoms with E-state index in [1.54, 1.807) is 0 Å². The quantitative estimate of drug-likeness (QED) is 0.427. The number of thioether (sulfide) groups is 1. The molecule has 1 amide bonds. The van der Waals surface area contributed by atoms with Gasteiger partial charge in [0.2, 0.25) is 5.91 Å².